The Balaban J connectivity index is 1.08. The number of allylic oxidation sites excluding steroid dienone is 2. The molecule has 5 aromatic rings. The maximum atomic E-state index is 6.75. The van der Waals surface area contributed by atoms with Gasteiger partial charge in [-0.05, 0) is 89.5 Å². The Labute approximate surface area is 264 Å². The first-order valence-electron chi connectivity index (χ1n) is 15.3. The maximum Gasteiger partial charge on any atom is 0.180 e. The average Bonchev–Trinajstić information content (AvgIpc) is 3.54. The van der Waals surface area contributed by atoms with Crippen molar-refractivity contribution < 1.29 is 9.47 Å². The molecule has 220 valence electrons. The van der Waals surface area contributed by atoms with E-state index in [-0.39, 0.29) is 6.04 Å². The Morgan fingerprint density at radius 1 is 0.932 bits per heavy atom. The lowest BCUT2D eigenvalue weighted by atomic mass is 9.76. The predicted octanol–water partition coefficient (Wildman–Crippen LogP) is 10.4. The van der Waals surface area contributed by atoms with Crippen LogP contribution in [0.5, 0.6) is 11.5 Å². The monoisotopic (exact) mass is 598 g/mol. The van der Waals surface area contributed by atoms with Crippen molar-refractivity contribution in [1.82, 2.24) is 0 Å². The first-order valence-corrected chi connectivity index (χ1v) is 15.7. The van der Waals surface area contributed by atoms with Crippen LogP contribution in [0.15, 0.2) is 114 Å². The van der Waals surface area contributed by atoms with E-state index in [2.05, 4.69) is 91.1 Å². The third-order valence-electron chi connectivity index (χ3n) is 8.72. The molecule has 0 bridgehead atoms. The van der Waals surface area contributed by atoms with Crippen molar-refractivity contribution in [3.63, 3.8) is 0 Å². The van der Waals surface area contributed by atoms with Crippen molar-refractivity contribution in [2.24, 2.45) is 10.9 Å². The van der Waals surface area contributed by atoms with Gasteiger partial charge in [-0.2, -0.15) is 0 Å². The highest BCUT2D eigenvalue weighted by atomic mass is 35.5. The normalized spacial score (nSPS) is 18.7. The number of fused-ring (bicyclic) bond motifs is 4. The molecular formula is C39H35ClN2O2. The molecule has 5 heteroatoms. The zero-order valence-electron chi connectivity index (χ0n) is 25.0. The molecular weight excluding hydrogens is 564 g/mol. The highest BCUT2D eigenvalue weighted by Crippen LogP contribution is 2.50. The number of halogens is 1. The molecule has 1 N–H and O–H groups in total. The summed E-state index contributed by atoms with van der Waals surface area (Å²) in [5.74, 6) is 2.12. The standard InChI is InChI=1S/C39H35ClN2O2/c1-3-43-37-22-26(21-35(40)39(37)44-24-29-10-6-9-27-8-4-5-11-31(27)29)23-41-30-17-15-28(16-18-30)38-33-13-7-12-32(33)34-20-25(2)14-19-36(34)42-38/h4-12,14-23,32-33,38,42H,3,13,24H2,1-2H3/t32-,33+,38+/m1/s1. The quantitative estimate of drug-likeness (QED) is 0.143. The van der Waals surface area contributed by atoms with Crippen molar-refractivity contribution in [1.29, 1.82) is 0 Å². The Kier molecular flexibility index (Phi) is 7.84. The van der Waals surface area contributed by atoms with E-state index in [4.69, 9.17) is 26.1 Å². The fourth-order valence-corrected chi connectivity index (χ4v) is 6.87. The van der Waals surface area contributed by atoms with E-state index in [0.717, 1.165) is 28.6 Å². The van der Waals surface area contributed by atoms with Crippen LogP contribution >= 0.6 is 11.6 Å². The van der Waals surface area contributed by atoms with E-state index in [1.807, 2.05) is 43.5 Å². The Hall–Kier alpha value is -4.54. The zero-order chi connectivity index (χ0) is 30.0. The van der Waals surface area contributed by atoms with Crippen LogP contribution in [0.4, 0.5) is 11.4 Å². The van der Waals surface area contributed by atoms with Gasteiger partial charge in [0.2, 0.25) is 0 Å². The molecule has 0 amide bonds. The van der Waals surface area contributed by atoms with Gasteiger partial charge in [0.05, 0.1) is 23.4 Å². The van der Waals surface area contributed by atoms with Crippen molar-refractivity contribution in [3.8, 4) is 11.5 Å². The van der Waals surface area contributed by atoms with Crippen LogP contribution in [0.3, 0.4) is 0 Å². The molecule has 44 heavy (non-hydrogen) atoms. The minimum atomic E-state index is 0.261. The van der Waals surface area contributed by atoms with Crippen LogP contribution in [-0.2, 0) is 6.61 Å². The third-order valence-corrected chi connectivity index (χ3v) is 9.00. The largest absolute Gasteiger partial charge is 0.490 e. The smallest absolute Gasteiger partial charge is 0.180 e. The summed E-state index contributed by atoms with van der Waals surface area (Å²) in [6, 6.07) is 33.9. The molecule has 0 fully saturated rings. The fraction of sp³-hybridized carbons (Fsp3) is 0.205. The molecule has 0 radical (unpaired) electrons. The SMILES string of the molecule is CCOc1cc(C=Nc2ccc([C@@H]3Nc4ccc(C)cc4[C@@H]4C=CC[C@@H]43)cc2)cc(Cl)c1OCc1cccc2ccccc12. The van der Waals surface area contributed by atoms with Crippen LogP contribution in [0.25, 0.3) is 10.8 Å². The molecule has 1 aliphatic heterocycles. The van der Waals surface area contributed by atoms with Crippen molar-refractivity contribution in [3.05, 3.63) is 142 Å². The summed E-state index contributed by atoms with van der Waals surface area (Å²) in [5.41, 5.74) is 8.07. The van der Waals surface area contributed by atoms with Gasteiger partial charge in [0.1, 0.15) is 6.61 Å². The summed E-state index contributed by atoms with van der Waals surface area (Å²) in [5, 5.41) is 6.67. The molecule has 2 aliphatic rings. The number of ether oxygens (including phenoxy) is 2. The Bertz CT molecular complexity index is 1870. The van der Waals surface area contributed by atoms with Gasteiger partial charge in [-0.15, -0.1) is 0 Å². The molecule has 5 aromatic carbocycles. The predicted molar refractivity (Wildman–Crippen MR) is 182 cm³/mol. The summed E-state index contributed by atoms with van der Waals surface area (Å²) in [6.07, 6.45) is 7.63. The number of aliphatic imine (C=N–C) groups is 1. The second-order valence-corrected chi connectivity index (χ2v) is 12.0. The molecule has 4 nitrogen and oxygen atoms in total. The lowest BCUT2D eigenvalue weighted by Gasteiger charge is -2.37. The number of benzene rings is 5. The molecule has 7 rings (SSSR count). The second-order valence-electron chi connectivity index (χ2n) is 11.6. The molecule has 1 aliphatic carbocycles. The summed E-state index contributed by atoms with van der Waals surface area (Å²) >= 11 is 6.75. The van der Waals surface area contributed by atoms with Crippen LogP contribution in [0.1, 0.15) is 53.1 Å². The average molecular weight is 599 g/mol. The lowest BCUT2D eigenvalue weighted by molar-refractivity contribution is 0.270. The molecule has 0 saturated heterocycles. The first-order chi connectivity index (χ1) is 21.6. The molecule has 3 atom stereocenters. The van der Waals surface area contributed by atoms with Crippen LogP contribution in [-0.4, -0.2) is 12.8 Å². The van der Waals surface area contributed by atoms with E-state index in [0.29, 0.717) is 41.6 Å². The summed E-state index contributed by atoms with van der Waals surface area (Å²) in [6.45, 7) is 5.01. The van der Waals surface area contributed by atoms with Gasteiger partial charge < -0.3 is 14.8 Å². The molecule has 1 heterocycles. The maximum absolute atomic E-state index is 6.75. The van der Waals surface area contributed by atoms with E-state index in [9.17, 15) is 0 Å². The van der Waals surface area contributed by atoms with Gasteiger partial charge in [-0.3, -0.25) is 4.99 Å². The topological polar surface area (TPSA) is 42.8 Å². The minimum Gasteiger partial charge on any atom is -0.490 e. The zero-order valence-corrected chi connectivity index (χ0v) is 25.7. The van der Waals surface area contributed by atoms with Crippen LogP contribution < -0.4 is 14.8 Å². The highest BCUT2D eigenvalue weighted by Gasteiger charge is 2.37. The van der Waals surface area contributed by atoms with Crippen LogP contribution in [0, 0.1) is 12.8 Å². The second kappa shape index (κ2) is 12.2. The number of hydrogen-bond acceptors (Lipinski definition) is 4. The van der Waals surface area contributed by atoms with Gasteiger partial charge in [0, 0.05) is 17.8 Å². The molecule has 0 unspecified atom stereocenters. The van der Waals surface area contributed by atoms with E-state index >= 15 is 0 Å². The lowest BCUT2D eigenvalue weighted by Crippen LogP contribution is -2.29. The van der Waals surface area contributed by atoms with Gasteiger partial charge in [0.15, 0.2) is 11.5 Å². The van der Waals surface area contributed by atoms with Crippen LogP contribution in [0.2, 0.25) is 5.02 Å². The Morgan fingerprint density at radius 2 is 1.77 bits per heavy atom. The third kappa shape index (κ3) is 5.58. The number of nitrogens with zero attached hydrogens (tertiary/aromatic N) is 1. The van der Waals surface area contributed by atoms with Gasteiger partial charge in [-0.1, -0.05) is 96.0 Å². The fourth-order valence-electron chi connectivity index (χ4n) is 6.59. The first kappa shape index (κ1) is 28.2. The summed E-state index contributed by atoms with van der Waals surface area (Å²) in [7, 11) is 0. The number of rotatable bonds is 8. The van der Waals surface area contributed by atoms with Gasteiger partial charge >= 0.3 is 0 Å². The highest BCUT2D eigenvalue weighted by molar-refractivity contribution is 6.32. The molecule has 0 aromatic heterocycles. The molecule has 0 saturated carbocycles. The van der Waals surface area contributed by atoms with Crippen molar-refractivity contribution in [2.75, 3.05) is 11.9 Å². The molecule has 0 spiro atoms. The Morgan fingerprint density at radius 3 is 2.64 bits per heavy atom. The number of hydrogen-bond donors (Lipinski definition) is 1. The van der Waals surface area contributed by atoms with Crippen molar-refractivity contribution in [2.45, 2.75) is 38.8 Å². The summed E-state index contributed by atoms with van der Waals surface area (Å²) in [4.78, 5) is 4.76. The number of anilines is 1. The van der Waals surface area contributed by atoms with E-state index in [1.54, 1.807) is 0 Å². The minimum absolute atomic E-state index is 0.261. The summed E-state index contributed by atoms with van der Waals surface area (Å²) < 4.78 is 12.2. The van der Waals surface area contributed by atoms with Crippen molar-refractivity contribution >= 4 is 40.0 Å². The van der Waals surface area contributed by atoms with E-state index in [1.165, 1.54) is 27.8 Å². The van der Waals surface area contributed by atoms with Gasteiger partial charge in [0.25, 0.3) is 0 Å². The number of aryl methyl sites for hydroxylation is 1. The van der Waals surface area contributed by atoms with Gasteiger partial charge in [-0.25, -0.2) is 0 Å². The van der Waals surface area contributed by atoms with E-state index < -0.39 is 0 Å². The number of nitrogens with one attached hydrogen (secondary N) is 1.